The molecule has 1 aliphatic heterocycles. The summed E-state index contributed by atoms with van der Waals surface area (Å²) in [5.41, 5.74) is 0. The van der Waals surface area contributed by atoms with E-state index >= 15 is 0 Å². The van der Waals surface area contributed by atoms with Crippen molar-refractivity contribution in [2.24, 2.45) is 0 Å². The molecule has 1 heterocycles. The van der Waals surface area contributed by atoms with Gasteiger partial charge in [-0.15, -0.1) is 0 Å². The third-order valence-corrected chi connectivity index (χ3v) is 2.47. The van der Waals surface area contributed by atoms with E-state index in [4.69, 9.17) is 0 Å². The van der Waals surface area contributed by atoms with Crippen LogP contribution in [0.1, 0.15) is 12.8 Å². The molecule has 0 aromatic heterocycles. The standard InChI is InChI=1S/C8H13NO3S/c10-13(11,12)8-4-7-9-5-2-1-3-6-9/h2-3,5-6H,1,4,7-8H2,(H,10,11,12)/p-1. The van der Waals surface area contributed by atoms with E-state index < -0.39 is 10.1 Å². The smallest absolute Gasteiger partial charge is 0.0946 e. The summed E-state index contributed by atoms with van der Waals surface area (Å²) in [5.74, 6) is -0.287. The highest BCUT2D eigenvalue weighted by atomic mass is 32.2. The van der Waals surface area contributed by atoms with E-state index in [2.05, 4.69) is 0 Å². The van der Waals surface area contributed by atoms with E-state index in [0.717, 1.165) is 6.42 Å². The van der Waals surface area contributed by atoms with Crippen LogP contribution in [-0.2, 0) is 10.1 Å². The molecule has 0 bridgehead atoms. The molecule has 0 aromatic rings. The van der Waals surface area contributed by atoms with Gasteiger partial charge in [-0.2, -0.15) is 0 Å². The number of hydrogen-bond acceptors (Lipinski definition) is 4. The topological polar surface area (TPSA) is 60.4 Å². The van der Waals surface area contributed by atoms with Crippen LogP contribution in [0.4, 0.5) is 0 Å². The maximum absolute atomic E-state index is 10.3. The highest BCUT2D eigenvalue weighted by Gasteiger charge is 1.99. The first kappa shape index (κ1) is 10.3. The molecule has 0 saturated heterocycles. The van der Waals surface area contributed by atoms with Crippen LogP contribution in [0.15, 0.2) is 24.6 Å². The Hall–Kier alpha value is -0.810. The van der Waals surface area contributed by atoms with E-state index in [1.165, 1.54) is 0 Å². The molecule has 0 aliphatic carbocycles. The van der Waals surface area contributed by atoms with Gasteiger partial charge < -0.3 is 9.45 Å². The normalized spacial score (nSPS) is 16.5. The van der Waals surface area contributed by atoms with Crippen molar-refractivity contribution >= 4 is 10.1 Å². The number of hydrogen-bond donors (Lipinski definition) is 0. The molecule has 0 fully saturated rings. The van der Waals surface area contributed by atoms with Gasteiger partial charge in [0, 0.05) is 12.3 Å². The second-order valence-corrected chi connectivity index (χ2v) is 4.38. The van der Waals surface area contributed by atoms with Crippen molar-refractivity contribution in [1.82, 2.24) is 4.90 Å². The van der Waals surface area contributed by atoms with Gasteiger partial charge >= 0.3 is 0 Å². The molecular formula is C8H12NO3S-. The van der Waals surface area contributed by atoms with Gasteiger partial charge in [0.2, 0.25) is 0 Å². The molecule has 0 N–H and O–H groups in total. The van der Waals surface area contributed by atoms with Crippen molar-refractivity contribution in [2.75, 3.05) is 12.3 Å². The molecule has 13 heavy (non-hydrogen) atoms. The monoisotopic (exact) mass is 202 g/mol. The van der Waals surface area contributed by atoms with Crippen LogP contribution in [0.2, 0.25) is 0 Å². The summed E-state index contributed by atoms with van der Waals surface area (Å²) in [6.07, 6.45) is 9.02. The van der Waals surface area contributed by atoms with Gasteiger partial charge in [-0.25, -0.2) is 8.42 Å². The van der Waals surface area contributed by atoms with Crippen LogP contribution in [0.25, 0.3) is 0 Å². The molecule has 0 amide bonds. The van der Waals surface area contributed by atoms with E-state index in [1.54, 1.807) is 0 Å². The molecule has 5 heteroatoms. The van der Waals surface area contributed by atoms with Crippen LogP contribution >= 0.6 is 0 Å². The number of nitrogens with zero attached hydrogens (tertiary/aromatic N) is 1. The first-order valence-corrected chi connectivity index (χ1v) is 5.68. The Bertz CT molecular complexity index is 293. The molecule has 0 unspecified atom stereocenters. The number of rotatable bonds is 4. The summed E-state index contributed by atoms with van der Waals surface area (Å²) in [6, 6.07) is 0. The second-order valence-electron chi connectivity index (χ2n) is 2.86. The van der Waals surface area contributed by atoms with Gasteiger partial charge in [0.25, 0.3) is 0 Å². The average molecular weight is 202 g/mol. The highest BCUT2D eigenvalue weighted by Crippen LogP contribution is 2.03. The van der Waals surface area contributed by atoms with Crippen LogP contribution < -0.4 is 0 Å². The Morgan fingerprint density at radius 3 is 2.46 bits per heavy atom. The van der Waals surface area contributed by atoms with Gasteiger partial charge in [-0.1, -0.05) is 12.2 Å². The van der Waals surface area contributed by atoms with E-state index in [1.807, 2.05) is 29.5 Å². The fraction of sp³-hybridized carbons (Fsp3) is 0.500. The molecule has 1 rings (SSSR count). The first-order chi connectivity index (χ1) is 6.08. The van der Waals surface area contributed by atoms with Crippen molar-refractivity contribution in [2.45, 2.75) is 12.8 Å². The molecular weight excluding hydrogens is 190 g/mol. The van der Waals surface area contributed by atoms with Crippen molar-refractivity contribution in [1.29, 1.82) is 0 Å². The van der Waals surface area contributed by atoms with Crippen molar-refractivity contribution in [3.63, 3.8) is 0 Å². The lowest BCUT2D eigenvalue weighted by Crippen LogP contribution is -2.16. The maximum Gasteiger partial charge on any atom is 0.0946 e. The summed E-state index contributed by atoms with van der Waals surface area (Å²) in [5, 5.41) is 0. The Balaban J connectivity index is 2.23. The third kappa shape index (κ3) is 4.69. The Labute approximate surface area is 78.3 Å². The minimum absolute atomic E-state index is 0.287. The van der Waals surface area contributed by atoms with Gasteiger partial charge in [-0.3, -0.25) is 0 Å². The van der Waals surface area contributed by atoms with Gasteiger partial charge in [0.15, 0.2) is 0 Å². The van der Waals surface area contributed by atoms with Gasteiger partial charge in [0.05, 0.1) is 10.1 Å². The summed E-state index contributed by atoms with van der Waals surface area (Å²) >= 11 is 0. The van der Waals surface area contributed by atoms with Crippen LogP contribution in [-0.4, -0.2) is 30.2 Å². The predicted molar refractivity (Wildman–Crippen MR) is 48.8 cm³/mol. The molecule has 0 spiro atoms. The van der Waals surface area contributed by atoms with Crippen LogP contribution in [0.3, 0.4) is 0 Å². The zero-order chi connectivity index (χ0) is 9.73. The van der Waals surface area contributed by atoms with E-state index in [0.29, 0.717) is 13.0 Å². The highest BCUT2D eigenvalue weighted by molar-refractivity contribution is 7.85. The zero-order valence-corrected chi connectivity index (χ0v) is 8.03. The molecule has 0 saturated carbocycles. The van der Waals surface area contributed by atoms with Crippen molar-refractivity contribution in [3.05, 3.63) is 24.6 Å². The van der Waals surface area contributed by atoms with Crippen LogP contribution in [0, 0.1) is 0 Å². The average Bonchev–Trinajstić information content (AvgIpc) is 2.04. The quantitative estimate of drug-likeness (QED) is 0.628. The lowest BCUT2D eigenvalue weighted by molar-refractivity contribution is 0.449. The zero-order valence-electron chi connectivity index (χ0n) is 7.22. The van der Waals surface area contributed by atoms with Crippen molar-refractivity contribution < 1.29 is 13.0 Å². The Morgan fingerprint density at radius 2 is 1.92 bits per heavy atom. The van der Waals surface area contributed by atoms with E-state index in [-0.39, 0.29) is 5.75 Å². The molecule has 0 aromatic carbocycles. The molecule has 74 valence electrons. The minimum Gasteiger partial charge on any atom is -0.748 e. The molecule has 1 aliphatic rings. The second kappa shape index (κ2) is 4.43. The van der Waals surface area contributed by atoms with Gasteiger partial charge in [0.1, 0.15) is 0 Å². The number of allylic oxidation sites excluding steroid dienone is 2. The molecule has 0 radical (unpaired) electrons. The fourth-order valence-corrected chi connectivity index (χ4v) is 1.58. The molecule has 0 atom stereocenters. The Morgan fingerprint density at radius 1 is 1.31 bits per heavy atom. The summed E-state index contributed by atoms with van der Waals surface area (Å²) in [4.78, 5) is 1.87. The summed E-state index contributed by atoms with van der Waals surface area (Å²) in [6.45, 7) is 0.578. The third-order valence-electron chi connectivity index (χ3n) is 1.68. The predicted octanol–water partition coefficient (Wildman–Crippen LogP) is 0.655. The maximum atomic E-state index is 10.3. The Kier molecular flexibility index (Phi) is 3.50. The SMILES string of the molecule is O=S(=O)([O-])CCCN1C=CCC=C1. The van der Waals surface area contributed by atoms with Crippen molar-refractivity contribution in [3.8, 4) is 0 Å². The largest absolute Gasteiger partial charge is 0.748 e. The van der Waals surface area contributed by atoms with Crippen LogP contribution in [0.5, 0.6) is 0 Å². The summed E-state index contributed by atoms with van der Waals surface area (Å²) in [7, 11) is -4.05. The lowest BCUT2D eigenvalue weighted by Gasteiger charge is -2.18. The summed E-state index contributed by atoms with van der Waals surface area (Å²) < 4.78 is 30.8. The fourth-order valence-electron chi connectivity index (χ4n) is 1.09. The van der Waals surface area contributed by atoms with E-state index in [9.17, 15) is 13.0 Å². The first-order valence-electron chi connectivity index (χ1n) is 4.10. The van der Waals surface area contributed by atoms with Gasteiger partial charge in [-0.05, 0) is 25.2 Å². The minimum atomic E-state index is -4.05. The molecule has 4 nitrogen and oxygen atoms in total. The lowest BCUT2D eigenvalue weighted by atomic mass is 10.3.